The molecule has 1 aliphatic heterocycles. The molecule has 0 saturated carbocycles. The Morgan fingerprint density at radius 2 is 1.85 bits per heavy atom. The van der Waals surface area contributed by atoms with Gasteiger partial charge in [0.2, 0.25) is 5.90 Å². The first-order chi connectivity index (χ1) is 9.74. The lowest BCUT2D eigenvalue weighted by molar-refractivity contribution is -0.129. The second kappa shape index (κ2) is 5.05. The Morgan fingerprint density at radius 3 is 2.60 bits per heavy atom. The van der Waals surface area contributed by atoms with Crippen LogP contribution in [0.5, 0.6) is 0 Å². The van der Waals surface area contributed by atoms with Gasteiger partial charge in [0.05, 0.1) is 0 Å². The molecule has 2 aromatic rings. The minimum absolute atomic E-state index is 0.0712. The van der Waals surface area contributed by atoms with Crippen molar-refractivity contribution in [2.75, 3.05) is 0 Å². The second-order valence-electron chi connectivity index (χ2n) is 4.09. The van der Waals surface area contributed by atoms with Crippen LogP contribution in [-0.4, -0.2) is 16.9 Å². The molecule has 0 spiro atoms. The highest BCUT2D eigenvalue weighted by Crippen LogP contribution is 2.19. The van der Waals surface area contributed by atoms with Crippen LogP contribution in [0, 0.1) is 5.82 Å². The number of pyridine rings is 1. The van der Waals surface area contributed by atoms with E-state index in [1.807, 2.05) is 0 Å². The molecule has 98 valence electrons. The largest absolute Gasteiger partial charge is 0.402 e. The maximum atomic E-state index is 13.5. The summed E-state index contributed by atoms with van der Waals surface area (Å²) in [5.41, 5.74) is 1.01. The number of carbonyl (C=O) groups is 1. The van der Waals surface area contributed by atoms with E-state index in [9.17, 15) is 9.18 Å². The van der Waals surface area contributed by atoms with Crippen molar-refractivity contribution in [3.05, 3.63) is 71.4 Å². The smallest absolute Gasteiger partial charge is 0.363 e. The Kier molecular flexibility index (Phi) is 3.09. The van der Waals surface area contributed by atoms with Gasteiger partial charge < -0.3 is 4.74 Å². The normalized spacial score (nSPS) is 16.1. The highest BCUT2D eigenvalue weighted by Gasteiger charge is 2.24. The van der Waals surface area contributed by atoms with Gasteiger partial charge in [-0.1, -0.05) is 18.2 Å². The fourth-order valence-electron chi connectivity index (χ4n) is 1.77. The van der Waals surface area contributed by atoms with Crippen molar-refractivity contribution < 1.29 is 13.9 Å². The van der Waals surface area contributed by atoms with E-state index in [1.54, 1.807) is 42.7 Å². The molecule has 0 saturated heterocycles. The summed E-state index contributed by atoms with van der Waals surface area (Å²) in [6, 6.07) is 9.51. The zero-order valence-electron chi connectivity index (χ0n) is 10.3. The van der Waals surface area contributed by atoms with E-state index in [4.69, 9.17) is 4.74 Å². The Hall–Kier alpha value is -2.82. The van der Waals surface area contributed by atoms with Gasteiger partial charge in [-0.15, -0.1) is 0 Å². The maximum Gasteiger partial charge on any atom is 0.363 e. The summed E-state index contributed by atoms with van der Waals surface area (Å²) < 4.78 is 18.6. The maximum absolute atomic E-state index is 13.5. The number of halogens is 1. The minimum atomic E-state index is -0.597. The van der Waals surface area contributed by atoms with Crippen LogP contribution >= 0.6 is 0 Å². The summed E-state index contributed by atoms with van der Waals surface area (Å²) in [6.07, 6.45) is 4.51. The van der Waals surface area contributed by atoms with E-state index < -0.39 is 11.8 Å². The molecule has 0 bridgehead atoms. The third kappa shape index (κ3) is 2.33. The SMILES string of the molecule is O=C1OC(c2ccncc2)=N/C1=C\c1ccccc1F. The zero-order chi connectivity index (χ0) is 13.9. The number of nitrogens with zero attached hydrogens (tertiary/aromatic N) is 2. The van der Waals surface area contributed by atoms with Crippen LogP contribution in [0.25, 0.3) is 6.08 Å². The average molecular weight is 268 g/mol. The third-order valence-electron chi connectivity index (χ3n) is 2.75. The van der Waals surface area contributed by atoms with Gasteiger partial charge in [0.1, 0.15) is 5.82 Å². The van der Waals surface area contributed by atoms with Crippen molar-refractivity contribution in [3.8, 4) is 0 Å². The molecule has 0 unspecified atom stereocenters. The number of aliphatic imine (C=N–C) groups is 1. The Morgan fingerprint density at radius 1 is 1.10 bits per heavy atom. The molecular weight excluding hydrogens is 259 g/mol. The molecule has 4 nitrogen and oxygen atoms in total. The summed E-state index contributed by atoms with van der Waals surface area (Å²) in [5, 5.41) is 0. The summed E-state index contributed by atoms with van der Waals surface area (Å²) in [6.45, 7) is 0. The Balaban J connectivity index is 1.97. The van der Waals surface area contributed by atoms with Crippen LogP contribution < -0.4 is 0 Å². The van der Waals surface area contributed by atoms with Crippen LogP contribution in [0.1, 0.15) is 11.1 Å². The van der Waals surface area contributed by atoms with Crippen molar-refractivity contribution in [1.82, 2.24) is 4.98 Å². The first kappa shape index (κ1) is 12.2. The van der Waals surface area contributed by atoms with Crippen LogP contribution in [0.2, 0.25) is 0 Å². The van der Waals surface area contributed by atoms with Gasteiger partial charge in [-0.2, -0.15) is 0 Å². The van der Waals surface area contributed by atoms with Gasteiger partial charge in [-0.3, -0.25) is 4.98 Å². The molecule has 0 amide bonds. The van der Waals surface area contributed by atoms with E-state index in [0.717, 1.165) is 0 Å². The van der Waals surface area contributed by atoms with Crippen molar-refractivity contribution >= 4 is 17.9 Å². The van der Waals surface area contributed by atoms with Crippen LogP contribution in [0.4, 0.5) is 4.39 Å². The van der Waals surface area contributed by atoms with Crippen molar-refractivity contribution in [3.63, 3.8) is 0 Å². The van der Waals surface area contributed by atoms with Gasteiger partial charge in [0.15, 0.2) is 5.70 Å². The van der Waals surface area contributed by atoms with E-state index in [-0.39, 0.29) is 11.6 Å². The summed E-state index contributed by atoms with van der Waals surface area (Å²) in [5.74, 6) is -0.819. The molecule has 0 aliphatic carbocycles. The molecule has 1 aliphatic rings. The molecule has 0 N–H and O–H groups in total. The fraction of sp³-hybridized carbons (Fsp3) is 0. The summed E-state index contributed by atoms with van der Waals surface area (Å²) >= 11 is 0. The second-order valence-corrected chi connectivity index (χ2v) is 4.09. The van der Waals surface area contributed by atoms with Gasteiger partial charge in [-0.25, -0.2) is 14.2 Å². The molecule has 3 rings (SSSR count). The Bertz CT molecular complexity index is 724. The van der Waals surface area contributed by atoms with Gasteiger partial charge in [-0.05, 0) is 24.3 Å². The van der Waals surface area contributed by atoms with Crippen LogP contribution in [0.15, 0.2) is 59.5 Å². The quantitative estimate of drug-likeness (QED) is 0.621. The topological polar surface area (TPSA) is 51.5 Å². The van der Waals surface area contributed by atoms with Crippen molar-refractivity contribution in [2.45, 2.75) is 0 Å². The fourth-order valence-corrected chi connectivity index (χ4v) is 1.77. The van der Waals surface area contributed by atoms with E-state index in [2.05, 4.69) is 9.98 Å². The number of ether oxygens (including phenoxy) is 1. The van der Waals surface area contributed by atoms with Crippen molar-refractivity contribution in [1.29, 1.82) is 0 Å². The summed E-state index contributed by atoms with van der Waals surface area (Å²) in [4.78, 5) is 19.7. The minimum Gasteiger partial charge on any atom is -0.402 e. The number of esters is 1. The molecule has 0 atom stereocenters. The molecule has 0 radical (unpaired) electrons. The monoisotopic (exact) mass is 268 g/mol. The highest BCUT2D eigenvalue weighted by molar-refractivity contribution is 6.12. The number of rotatable bonds is 2. The Labute approximate surface area is 114 Å². The first-order valence-electron chi connectivity index (χ1n) is 5.91. The first-order valence-corrected chi connectivity index (χ1v) is 5.91. The van der Waals surface area contributed by atoms with Crippen molar-refractivity contribution in [2.24, 2.45) is 4.99 Å². The predicted molar refractivity (Wildman–Crippen MR) is 71.2 cm³/mol. The number of hydrogen-bond acceptors (Lipinski definition) is 4. The van der Waals surface area contributed by atoms with E-state index >= 15 is 0 Å². The number of benzene rings is 1. The van der Waals surface area contributed by atoms with Gasteiger partial charge in [0, 0.05) is 23.5 Å². The lowest BCUT2D eigenvalue weighted by atomic mass is 10.2. The molecule has 5 heteroatoms. The molecule has 1 aromatic heterocycles. The lowest BCUT2D eigenvalue weighted by Gasteiger charge is -1.96. The van der Waals surface area contributed by atoms with Gasteiger partial charge in [0.25, 0.3) is 0 Å². The number of cyclic esters (lactones) is 1. The molecule has 0 fully saturated rings. The standard InChI is InChI=1S/C15H9FN2O2/c16-12-4-2-1-3-11(12)9-13-15(19)20-14(18-13)10-5-7-17-8-6-10/h1-9H/b13-9-. The molecule has 20 heavy (non-hydrogen) atoms. The third-order valence-corrected chi connectivity index (χ3v) is 2.75. The van der Waals surface area contributed by atoms with E-state index in [0.29, 0.717) is 11.1 Å². The lowest BCUT2D eigenvalue weighted by Crippen LogP contribution is -2.05. The predicted octanol–water partition coefficient (Wildman–Crippen LogP) is 2.57. The highest BCUT2D eigenvalue weighted by atomic mass is 19.1. The molecular formula is C15H9FN2O2. The molecule has 1 aromatic carbocycles. The zero-order valence-corrected chi connectivity index (χ0v) is 10.3. The number of hydrogen-bond donors (Lipinski definition) is 0. The average Bonchev–Trinajstić information content (AvgIpc) is 2.84. The molecule has 2 heterocycles. The summed E-state index contributed by atoms with van der Waals surface area (Å²) in [7, 11) is 0. The number of aromatic nitrogens is 1. The van der Waals surface area contributed by atoms with E-state index in [1.165, 1.54) is 12.1 Å². The van der Waals surface area contributed by atoms with Crippen LogP contribution in [-0.2, 0) is 9.53 Å². The van der Waals surface area contributed by atoms with Crippen LogP contribution in [0.3, 0.4) is 0 Å². The van der Waals surface area contributed by atoms with Gasteiger partial charge >= 0.3 is 5.97 Å². The number of carbonyl (C=O) groups excluding carboxylic acids is 1.